The first-order valence-electron chi connectivity index (χ1n) is 9.27. The highest BCUT2D eigenvalue weighted by molar-refractivity contribution is 5.95. The Hall–Kier alpha value is -2.27. The van der Waals surface area contributed by atoms with Crippen LogP contribution in [0.5, 0.6) is 0 Å². The molecule has 5 nitrogen and oxygen atoms in total. The molecular formula is C20H28N4O. The van der Waals surface area contributed by atoms with E-state index in [2.05, 4.69) is 39.6 Å². The zero-order chi connectivity index (χ0) is 17.5. The number of nitrogens with zero attached hydrogens (tertiary/aromatic N) is 1. The molecule has 1 aromatic carbocycles. The summed E-state index contributed by atoms with van der Waals surface area (Å²) in [6, 6.07) is 10.0. The van der Waals surface area contributed by atoms with Gasteiger partial charge in [-0.1, -0.05) is 19.4 Å². The maximum absolute atomic E-state index is 12.7. The van der Waals surface area contributed by atoms with Crippen molar-refractivity contribution in [3.05, 3.63) is 48.3 Å². The first kappa shape index (κ1) is 17.5. The number of rotatable bonds is 8. The van der Waals surface area contributed by atoms with Gasteiger partial charge in [0.05, 0.1) is 6.04 Å². The van der Waals surface area contributed by atoms with Gasteiger partial charge in [0.1, 0.15) is 0 Å². The van der Waals surface area contributed by atoms with E-state index >= 15 is 0 Å². The topological polar surface area (TPSA) is 60.2 Å². The zero-order valence-electron chi connectivity index (χ0n) is 14.9. The Labute approximate surface area is 149 Å². The molecule has 25 heavy (non-hydrogen) atoms. The summed E-state index contributed by atoms with van der Waals surface area (Å²) >= 11 is 0. The minimum atomic E-state index is -0.185. The van der Waals surface area contributed by atoms with E-state index in [9.17, 15) is 4.79 Å². The number of hydrogen-bond acceptors (Lipinski definition) is 3. The van der Waals surface area contributed by atoms with Crippen molar-refractivity contribution in [2.24, 2.45) is 0 Å². The summed E-state index contributed by atoms with van der Waals surface area (Å²) < 4.78 is 0. The van der Waals surface area contributed by atoms with Gasteiger partial charge in [-0.05, 0) is 49.1 Å². The highest BCUT2D eigenvalue weighted by Crippen LogP contribution is 2.23. The van der Waals surface area contributed by atoms with Crippen molar-refractivity contribution in [3.8, 4) is 0 Å². The summed E-state index contributed by atoms with van der Waals surface area (Å²) in [4.78, 5) is 18.1. The molecule has 1 aliphatic rings. The Morgan fingerprint density at radius 2 is 2.12 bits per heavy atom. The number of benzene rings is 1. The third-order valence-electron chi connectivity index (χ3n) is 4.69. The maximum atomic E-state index is 12.7. The molecule has 0 radical (unpaired) electrons. The molecule has 3 rings (SSSR count). The fourth-order valence-electron chi connectivity index (χ4n) is 3.31. The fourth-order valence-corrected chi connectivity index (χ4v) is 3.31. The molecule has 0 bridgehead atoms. The van der Waals surface area contributed by atoms with E-state index in [0.717, 1.165) is 37.2 Å². The first-order chi connectivity index (χ1) is 12.3. The van der Waals surface area contributed by atoms with Gasteiger partial charge >= 0.3 is 0 Å². The van der Waals surface area contributed by atoms with Gasteiger partial charge in [0.15, 0.2) is 0 Å². The lowest BCUT2D eigenvalue weighted by Gasteiger charge is -2.20. The molecular weight excluding hydrogens is 312 g/mol. The van der Waals surface area contributed by atoms with Gasteiger partial charge in [0, 0.05) is 43.4 Å². The fraction of sp³-hybridized carbons (Fsp3) is 0.450. The standard InChI is InChI=1S/C20H28N4O/c1-2-6-19(22-15-16-9-10-21-14-16)20(25)23-17-7-5-8-18(13-17)24-11-3-4-12-24/h5,7-10,13-14,19,21-22H,2-4,6,11-12,15H2,1H3,(H,23,25)/t19-/m1/s1. The number of aromatic amines is 1. The van der Waals surface area contributed by atoms with Crippen molar-refractivity contribution in [3.63, 3.8) is 0 Å². The third-order valence-corrected chi connectivity index (χ3v) is 4.69. The van der Waals surface area contributed by atoms with Crippen LogP contribution in [0.2, 0.25) is 0 Å². The summed E-state index contributed by atoms with van der Waals surface area (Å²) in [5, 5.41) is 6.46. The van der Waals surface area contributed by atoms with Crippen LogP contribution < -0.4 is 15.5 Å². The SMILES string of the molecule is CCC[C@@H](NCc1cc[nH]c1)C(=O)Nc1cccc(N2CCCC2)c1. The number of aromatic nitrogens is 1. The van der Waals surface area contributed by atoms with Crippen molar-refractivity contribution >= 4 is 17.3 Å². The molecule has 3 N–H and O–H groups in total. The van der Waals surface area contributed by atoms with Crippen LogP contribution >= 0.6 is 0 Å². The summed E-state index contributed by atoms with van der Waals surface area (Å²) in [6.45, 7) is 5.00. The molecule has 1 aromatic heterocycles. The van der Waals surface area contributed by atoms with E-state index in [1.807, 2.05) is 30.6 Å². The van der Waals surface area contributed by atoms with Gasteiger partial charge in [-0.2, -0.15) is 0 Å². The van der Waals surface area contributed by atoms with E-state index in [4.69, 9.17) is 0 Å². The van der Waals surface area contributed by atoms with Gasteiger partial charge < -0.3 is 20.5 Å². The Balaban J connectivity index is 1.60. The molecule has 1 aliphatic heterocycles. The monoisotopic (exact) mass is 340 g/mol. The van der Waals surface area contributed by atoms with Gasteiger partial charge in [-0.3, -0.25) is 4.79 Å². The van der Waals surface area contributed by atoms with Crippen LogP contribution in [0.1, 0.15) is 38.2 Å². The third kappa shape index (κ3) is 4.86. The zero-order valence-corrected chi connectivity index (χ0v) is 14.9. The second-order valence-electron chi connectivity index (χ2n) is 6.68. The van der Waals surface area contributed by atoms with Crippen LogP contribution in [0.4, 0.5) is 11.4 Å². The van der Waals surface area contributed by atoms with Crippen LogP contribution in [0, 0.1) is 0 Å². The molecule has 2 aromatic rings. The molecule has 0 saturated carbocycles. The van der Waals surface area contributed by atoms with Gasteiger partial charge in [0.2, 0.25) is 5.91 Å². The second-order valence-corrected chi connectivity index (χ2v) is 6.68. The largest absolute Gasteiger partial charge is 0.371 e. The quantitative estimate of drug-likeness (QED) is 0.689. The number of anilines is 2. The smallest absolute Gasteiger partial charge is 0.241 e. The molecule has 0 spiro atoms. The van der Waals surface area contributed by atoms with E-state index < -0.39 is 0 Å². The van der Waals surface area contributed by atoms with Crippen molar-refractivity contribution in [2.75, 3.05) is 23.3 Å². The lowest BCUT2D eigenvalue weighted by molar-refractivity contribution is -0.118. The van der Waals surface area contributed by atoms with Crippen molar-refractivity contribution in [1.82, 2.24) is 10.3 Å². The minimum absolute atomic E-state index is 0.0379. The predicted molar refractivity (Wildman–Crippen MR) is 103 cm³/mol. The molecule has 1 atom stereocenters. The van der Waals surface area contributed by atoms with Crippen molar-refractivity contribution < 1.29 is 4.79 Å². The second kappa shape index (κ2) is 8.72. The number of nitrogens with one attached hydrogen (secondary N) is 3. The number of hydrogen-bond donors (Lipinski definition) is 3. The normalized spacial score (nSPS) is 15.3. The molecule has 5 heteroatoms. The number of H-pyrrole nitrogens is 1. The summed E-state index contributed by atoms with van der Waals surface area (Å²) in [5.74, 6) is 0.0379. The van der Waals surface area contributed by atoms with E-state index in [1.165, 1.54) is 18.5 Å². The number of carbonyl (C=O) groups excluding carboxylic acids is 1. The van der Waals surface area contributed by atoms with E-state index in [-0.39, 0.29) is 11.9 Å². The predicted octanol–water partition coefficient (Wildman–Crippen LogP) is 3.51. The van der Waals surface area contributed by atoms with Crippen LogP contribution in [0.3, 0.4) is 0 Å². The summed E-state index contributed by atoms with van der Waals surface area (Å²) in [6.07, 6.45) is 8.13. The van der Waals surface area contributed by atoms with Crippen LogP contribution in [0.15, 0.2) is 42.7 Å². The molecule has 1 fully saturated rings. The molecule has 1 saturated heterocycles. The van der Waals surface area contributed by atoms with Crippen LogP contribution in [0.25, 0.3) is 0 Å². The van der Waals surface area contributed by atoms with Crippen molar-refractivity contribution in [1.29, 1.82) is 0 Å². The van der Waals surface area contributed by atoms with Crippen molar-refractivity contribution in [2.45, 2.75) is 45.2 Å². The van der Waals surface area contributed by atoms with E-state index in [1.54, 1.807) is 0 Å². The van der Waals surface area contributed by atoms with Gasteiger partial charge in [-0.25, -0.2) is 0 Å². The Bertz CT molecular complexity index is 662. The first-order valence-corrected chi connectivity index (χ1v) is 9.27. The Morgan fingerprint density at radius 3 is 2.84 bits per heavy atom. The van der Waals surface area contributed by atoms with Crippen LogP contribution in [-0.2, 0) is 11.3 Å². The lowest BCUT2D eigenvalue weighted by Crippen LogP contribution is -2.40. The summed E-state index contributed by atoms with van der Waals surface area (Å²) in [7, 11) is 0. The molecule has 2 heterocycles. The van der Waals surface area contributed by atoms with E-state index in [0.29, 0.717) is 6.54 Å². The van der Waals surface area contributed by atoms with Gasteiger partial charge in [-0.15, -0.1) is 0 Å². The average molecular weight is 340 g/mol. The molecule has 134 valence electrons. The number of carbonyl (C=O) groups is 1. The molecule has 0 unspecified atom stereocenters. The highest BCUT2D eigenvalue weighted by Gasteiger charge is 2.18. The highest BCUT2D eigenvalue weighted by atomic mass is 16.2. The van der Waals surface area contributed by atoms with Gasteiger partial charge in [0.25, 0.3) is 0 Å². The lowest BCUT2D eigenvalue weighted by atomic mass is 10.1. The minimum Gasteiger partial charge on any atom is -0.371 e. The number of amides is 1. The summed E-state index contributed by atoms with van der Waals surface area (Å²) in [5.41, 5.74) is 3.23. The maximum Gasteiger partial charge on any atom is 0.241 e. The Kier molecular flexibility index (Phi) is 6.12. The molecule has 1 amide bonds. The molecule has 0 aliphatic carbocycles. The Morgan fingerprint density at radius 1 is 1.28 bits per heavy atom. The average Bonchev–Trinajstić information content (AvgIpc) is 3.32. The van der Waals surface area contributed by atoms with Crippen LogP contribution in [-0.4, -0.2) is 30.0 Å².